The molecule has 2 rings (SSSR count). The van der Waals surface area contributed by atoms with Crippen LogP contribution >= 0.6 is 0 Å². The largest absolute Gasteiger partial charge is 0.342 e. The first-order chi connectivity index (χ1) is 10.5. The van der Waals surface area contributed by atoms with Crippen LogP contribution in [0.2, 0.25) is 0 Å². The first kappa shape index (κ1) is 16.0. The van der Waals surface area contributed by atoms with E-state index in [1.165, 1.54) is 0 Å². The molecule has 6 heteroatoms. The number of hydrogen-bond donors (Lipinski definition) is 1. The number of nitrogens with one attached hydrogen (secondary N) is 1. The van der Waals surface area contributed by atoms with Gasteiger partial charge in [-0.05, 0) is 37.1 Å². The summed E-state index contributed by atoms with van der Waals surface area (Å²) in [6.07, 6.45) is 0.614. The van der Waals surface area contributed by atoms with Gasteiger partial charge in [-0.1, -0.05) is 6.07 Å². The highest BCUT2D eigenvalue weighted by Gasteiger charge is 2.22. The summed E-state index contributed by atoms with van der Waals surface area (Å²) in [7, 11) is 0. The van der Waals surface area contributed by atoms with E-state index in [-0.39, 0.29) is 18.2 Å². The number of benzene rings is 1. The lowest BCUT2D eigenvalue weighted by atomic mass is 10.1. The fraction of sp³-hybridized carbons (Fsp3) is 0.438. The van der Waals surface area contributed by atoms with Gasteiger partial charge in [-0.3, -0.25) is 14.4 Å². The molecule has 1 fully saturated rings. The maximum Gasteiger partial charge on any atom is 0.233 e. The Labute approximate surface area is 130 Å². The van der Waals surface area contributed by atoms with E-state index < -0.39 is 0 Å². The summed E-state index contributed by atoms with van der Waals surface area (Å²) < 4.78 is 0. The molecule has 0 bridgehead atoms. The molecule has 0 saturated carbocycles. The number of piperazine rings is 1. The lowest BCUT2D eigenvalue weighted by molar-refractivity contribution is -0.137. The third kappa shape index (κ3) is 4.31. The van der Waals surface area contributed by atoms with E-state index in [4.69, 9.17) is 0 Å². The standard InChI is InChI=1S/C16H21N3O3/c1-12-7-13(2)9-14(8-12)17-15(21)10-16(22)19-5-3-18(11-20)4-6-19/h7-9,11H,3-6,10H2,1-2H3,(H,17,21). The first-order valence-electron chi connectivity index (χ1n) is 7.33. The van der Waals surface area contributed by atoms with Gasteiger partial charge in [0.05, 0.1) is 0 Å². The molecule has 1 aliphatic rings. The molecule has 6 nitrogen and oxygen atoms in total. The molecule has 0 radical (unpaired) electrons. The van der Waals surface area contributed by atoms with Crippen LogP contribution in [0.5, 0.6) is 0 Å². The van der Waals surface area contributed by atoms with Crippen molar-refractivity contribution >= 4 is 23.9 Å². The fourth-order valence-electron chi connectivity index (χ4n) is 2.58. The van der Waals surface area contributed by atoms with Crippen molar-refractivity contribution in [3.63, 3.8) is 0 Å². The van der Waals surface area contributed by atoms with Gasteiger partial charge in [0.15, 0.2) is 0 Å². The lowest BCUT2D eigenvalue weighted by Gasteiger charge is -2.32. The van der Waals surface area contributed by atoms with E-state index in [1.54, 1.807) is 9.80 Å². The molecule has 0 aliphatic carbocycles. The molecule has 1 aromatic rings. The highest BCUT2D eigenvalue weighted by atomic mass is 16.2. The van der Waals surface area contributed by atoms with Crippen LogP contribution in [0.3, 0.4) is 0 Å². The minimum atomic E-state index is -0.312. The Kier molecular flexibility index (Phi) is 5.14. The van der Waals surface area contributed by atoms with Crippen molar-refractivity contribution < 1.29 is 14.4 Å². The average molecular weight is 303 g/mol. The van der Waals surface area contributed by atoms with Crippen LogP contribution in [-0.2, 0) is 14.4 Å². The Bertz CT molecular complexity index is 558. The van der Waals surface area contributed by atoms with Crippen molar-refractivity contribution in [3.8, 4) is 0 Å². The highest BCUT2D eigenvalue weighted by molar-refractivity contribution is 6.03. The number of amides is 3. The van der Waals surface area contributed by atoms with Crippen molar-refractivity contribution in [2.24, 2.45) is 0 Å². The number of aryl methyl sites for hydroxylation is 2. The molecule has 0 atom stereocenters. The zero-order valence-corrected chi connectivity index (χ0v) is 13.0. The fourth-order valence-corrected chi connectivity index (χ4v) is 2.58. The molecule has 1 aliphatic heterocycles. The Morgan fingerprint density at radius 2 is 1.68 bits per heavy atom. The van der Waals surface area contributed by atoms with Gasteiger partial charge in [0, 0.05) is 31.9 Å². The van der Waals surface area contributed by atoms with Gasteiger partial charge in [-0.15, -0.1) is 0 Å². The molecule has 0 spiro atoms. The molecule has 118 valence electrons. The summed E-state index contributed by atoms with van der Waals surface area (Å²) in [6.45, 7) is 5.92. The minimum absolute atomic E-state index is 0.173. The van der Waals surface area contributed by atoms with Crippen molar-refractivity contribution in [1.29, 1.82) is 0 Å². The van der Waals surface area contributed by atoms with E-state index in [9.17, 15) is 14.4 Å². The summed E-state index contributed by atoms with van der Waals surface area (Å²) in [5.74, 6) is -0.514. The molecule has 0 unspecified atom stereocenters. The monoisotopic (exact) mass is 303 g/mol. The molecule has 0 aromatic heterocycles. The summed E-state index contributed by atoms with van der Waals surface area (Å²) in [5, 5.41) is 2.76. The smallest absolute Gasteiger partial charge is 0.233 e. The first-order valence-corrected chi connectivity index (χ1v) is 7.33. The SMILES string of the molecule is Cc1cc(C)cc(NC(=O)CC(=O)N2CCN(C=O)CC2)c1. The summed E-state index contributed by atoms with van der Waals surface area (Å²) >= 11 is 0. The second-order valence-corrected chi connectivity index (χ2v) is 5.62. The number of hydrogen-bond acceptors (Lipinski definition) is 3. The molecule has 1 saturated heterocycles. The second-order valence-electron chi connectivity index (χ2n) is 5.62. The number of carbonyl (C=O) groups excluding carboxylic acids is 3. The molecule has 1 aromatic carbocycles. The normalized spacial score (nSPS) is 14.6. The van der Waals surface area contributed by atoms with Gasteiger partial charge in [-0.2, -0.15) is 0 Å². The van der Waals surface area contributed by atoms with Crippen LogP contribution in [0, 0.1) is 13.8 Å². The summed E-state index contributed by atoms with van der Waals surface area (Å²) in [6, 6.07) is 5.77. The molecular formula is C16H21N3O3. The maximum atomic E-state index is 12.1. The second kappa shape index (κ2) is 7.06. The Balaban J connectivity index is 1.86. The van der Waals surface area contributed by atoms with Gasteiger partial charge in [0.2, 0.25) is 18.2 Å². The van der Waals surface area contributed by atoms with Crippen LogP contribution in [0.15, 0.2) is 18.2 Å². The quantitative estimate of drug-likeness (QED) is 0.664. The third-order valence-corrected chi connectivity index (χ3v) is 3.63. The minimum Gasteiger partial charge on any atom is -0.342 e. The van der Waals surface area contributed by atoms with Crippen LogP contribution in [-0.4, -0.2) is 54.2 Å². The zero-order valence-electron chi connectivity index (χ0n) is 13.0. The van der Waals surface area contributed by atoms with Crippen molar-refractivity contribution in [3.05, 3.63) is 29.3 Å². The van der Waals surface area contributed by atoms with Crippen molar-refractivity contribution in [1.82, 2.24) is 9.80 Å². The van der Waals surface area contributed by atoms with Crippen LogP contribution in [0.25, 0.3) is 0 Å². The topological polar surface area (TPSA) is 69.7 Å². The van der Waals surface area contributed by atoms with Gasteiger partial charge >= 0.3 is 0 Å². The Morgan fingerprint density at radius 3 is 2.23 bits per heavy atom. The third-order valence-electron chi connectivity index (χ3n) is 3.63. The number of anilines is 1. The highest BCUT2D eigenvalue weighted by Crippen LogP contribution is 2.14. The molecule has 22 heavy (non-hydrogen) atoms. The summed E-state index contributed by atoms with van der Waals surface area (Å²) in [5.41, 5.74) is 2.83. The van der Waals surface area contributed by atoms with Gasteiger partial charge in [-0.25, -0.2) is 0 Å². The van der Waals surface area contributed by atoms with Crippen LogP contribution < -0.4 is 5.32 Å². The van der Waals surface area contributed by atoms with Crippen molar-refractivity contribution in [2.75, 3.05) is 31.5 Å². The van der Waals surface area contributed by atoms with Crippen molar-refractivity contribution in [2.45, 2.75) is 20.3 Å². The predicted octanol–water partition coefficient (Wildman–Crippen LogP) is 0.933. The van der Waals surface area contributed by atoms with Gasteiger partial charge < -0.3 is 15.1 Å². The summed E-state index contributed by atoms with van der Waals surface area (Å²) in [4.78, 5) is 38.0. The van der Waals surface area contributed by atoms with Gasteiger partial charge in [0.25, 0.3) is 0 Å². The Hall–Kier alpha value is -2.37. The van der Waals surface area contributed by atoms with Crippen LogP contribution in [0.4, 0.5) is 5.69 Å². The predicted molar refractivity (Wildman–Crippen MR) is 83.4 cm³/mol. The van der Waals surface area contributed by atoms with E-state index >= 15 is 0 Å². The van der Waals surface area contributed by atoms with Gasteiger partial charge in [0.1, 0.15) is 6.42 Å². The molecular weight excluding hydrogens is 282 g/mol. The van der Waals surface area contributed by atoms with Crippen LogP contribution in [0.1, 0.15) is 17.5 Å². The number of rotatable bonds is 4. The zero-order chi connectivity index (χ0) is 16.1. The Morgan fingerprint density at radius 1 is 1.09 bits per heavy atom. The van der Waals surface area contributed by atoms with E-state index in [0.717, 1.165) is 17.5 Å². The maximum absolute atomic E-state index is 12.1. The van der Waals surface area contributed by atoms with E-state index in [2.05, 4.69) is 5.32 Å². The van der Waals surface area contributed by atoms with E-state index in [0.29, 0.717) is 31.9 Å². The molecule has 1 heterocycles. The number of carbonyl (C=O) groups is 3. The lowest BCUT2D eigenvalue weighted by Crippen LogP contribution is -2.48. The molecule has 1 N–H and O–H groups in total. The molecule has 3 amide bonds. The van der Waals surface area contributed by atoms with E-state index in [1.807, 2.05) is 32.0 Å². The number of nitrogens with zero attached hydrogens (tertiary/aromatic N) is 2. The average Bonchev–Trinajstić information content (AvgIpc) is 2.46.